The minimum atomic E-state index is -3.16. The Morgan fingerprint density at radius 3 is 2.70 bits per heavy atom. The van der Waals surface area contributed by atoms with Crippen LogP contribution in [-0.4, -0.2) is 42.8 Å². The number of halogens is 2. The van der Waals surface area contributed by atoms with Crippen molar-refractivity contribution in [3.05, 3.63) is 75.8 Å². The standard InChI is InChI=1S/C23H26B2F2N3OPS/c1-4-19(31)30-12-17(16-10-13(3)33-21(16)22(30,24)25)14-8-6-7-9-15(14)18-11-29(5-2)28-20(18)23(26,27)32/h4,6-11,17H,1,5,12,24-25,32H2,2-3H3. The van der Waals surface area contributed by atoms with Crippen molar-refractivity contribution in [2.24, 2.45) is 0 Å². The summed E-state index contributed by atoms with van der Waals surface area (Å²) in [6.07, 6.45) is 3.03. The molecule has 1 aliphatic rings. The Labute approximate surface area is 201 Å². The van der Waals surface area contributed by atoms with Crippen molar-refractivity contribution in [3.63, 3.8) is 0 Å². The third-order valence-corrected chi connectivity index (χ3v) is 7.98. The number of amides is 1. The fourth-order valence-corrected chi connectivity index (χ4v) is 6.12. The highest BCUT2D eigenvalue weighted by Gasteiger charge is 2.43. The van der Waals surface area contributed by atoms with E-state index in [0.717, 1.165) is 20.9 Å². The fourth-order valence-electron chi connectivity index (χ4n) is 4.72. The van der Waals surface area contributed by atoms with Crippen molar-refractivity contribution in [1.29, 1.82) is 0 Å². The molecule has 0 fully saturated rings. The van der Waals surface area contributed by atoms with Crippen LogP contribution in [0.4, 0.5) is 8.78 Å². The zero-order valence-electron chi connectivity index (χ0n) is 19.2. The molecule has 0 radical (unpaired) electrons. The van der Waals surface area contributed by atoms with E-state index in [9.17, 15) is 13.6 Å². The van der Waals surface area contributed by atoms with Crippen molar-refractivity contribution in [1.82, 2.24) is 14.7 Å². The van der Waals surface area contributed by atoms with Crippen molar-refractivity contribution in [2.75, 3.05) is 6.54 Å². The van der Waals surface area contributed by atoms with Gasteiger partial charge in [0.1, 0.15) is 21.4 Å². The number of rotatable bonds is 5. The molecule has 4 rings (SSSR count). The molecule has 1 aromatic carbocycles. The predicted octanol–water partition coefficient (Wildman–Crippen LogP) is 3.40. The summed E-state index contributed by atoms with van der Waals surface area (Å²) in [5, 5.41) is 3.67. The van der Waals surface area contributed by atoms with Gasteiger partial charge in [0.05, 0.1) is 0 Å². The molecule has 2 atom stereocenters. The van der Waals surface area contributed by atoms with E-state index in [4.69, 9.17) is 0 Å². The Bertz CT molecular complexity index is 1230. The molecular weight excluding hydrogens is 457 g/mol. The number of carbonyl (C=O) groups excluding carboxylic acids is 1. The molecule has 3 aromatic rings. The first-order valence-electron chi connectivity index (χ1n) is 10.9. The highest BCUT2D eigenvalue weighted by molar-refractivity contribution is 7.17. The van der Waals surface area contributed by atoms with Gasteiger partial charge in [-0.1, -0.05) is 40.1 Å². The van der Waals surface area contributed by atoms with Gasteiger partial charge in [-0.25, -0.2) is 0 Å². The van der Waals surface area contributed by atoms with Gasteiger partial charge in [-0.05, 0) is 42.7 Å². The van der Waals surface area contributed by atoms with E-state index in [0.29, 0.717) is 24.2 Å². The van der Waals surface area contributed by atoms with Gasteiger partial charge >= 0.3 is 5.66 Å². The van der Waals surface area contributed by atoms with E-state index in [1.807, 2.05) is 51.8 Å². The number of aryl methyl sites for hydroxylation is 2. The van der Waals surface area contributed by atoms with Crippen LogP contribution in [0, 0.1) is 6.92 Å². The Balaban J connectivity index is 1.94. The van der Waals surface area contributed by atoms with E-state index in [-0.39, 0.29) is 17.5 Å². The lowest BCUT2D eigenvalue weighted by atomic mass is 9.56. The van der Waals surface area contributed by atoms with Crippen LogP contribution in [0.3, 0.4) is 0 Å². The predicted molar refractivity (Wildman–Crippen MR) is 139 cm³/mol. The number of thiophene rings is 1. The molecule has 0 saturated heterocycles. The first kappa shape index (κ1) is 23.9. The summed E-state index contributed by atoms with van der Waals surface area (Å²) in [5.74, 6) is -0.302. The van der Waals surface area contributed by atoms with Crippen molar-refractivity contribution in [3.8, 4) is 11.1 Å². The van der Waals surface area contributed by atoms with Gasteiger partial charge in [-0.2, -0.15) is 13.9 Å². The van der Waals surface area contributed by atoms with E-state index >= 15 is 0 Å². The number of aromatic nitrogens is 2. The molecule has 170 valence electrons. The summed E-state index contributed by atoms with van der Waals surface area (Å²) in [6.45, 7) is 8.54. The second kappa shape index (κ2) is 8.52. The molecule has 0 aliphatic carbocycles. The molecule has 0 spiro atoms. The first-order chi connectivity index (χ1) is 15.5. The van der Waals surface area contributed by atoms with E-state index in [1.54, 1.807) is 26.8 Å². The first-order valence-corrected chi connectivity index (χ1v) is 12.3. The summed E-state index contributed by atoms with van der Waals surface area (Å²) in [4.78, 5) is 17.0. The maximum atomic E-state index is 14.5. The van der Waals surface area contributed by atoms with Gasteiger partial charge in [0.15, 0.2) is 0 Å². The van der Waals surface area contributed by atoms with Gasteiger partial charge in [-0.15, -0.1) is 11.3 Å². The number of carbonyl (C=O) groups is 1. The lowest BCUT2D eigenvalue weighted by molar-refractivity contribution is -0.128. The summed E-state index contributed by atoms with van der Waals surface area (Å²) < 4.78 is 30.6. The average molecular weight is 483 g/mol. The molecule has 3 heterocycles. The lowest BCUT2D eigenvalue weighted by Crippen LogP contribution is -2.54. The summed E-state index contributed by atoms with van der Waals surface area (Å²) in [6, 6.07) is 9.77. The molecule has 0 saturated carbocycles. The van der Waals surface area contributed by atoms with Gasteiger partial charge in [0, 0.05) is 45.9 Å². The molecule has 4 nitrogen and oxygen atoms in total. The van der Waals surface area contributed by atoms with Crippen LogP contribution < -0.4 is 0 Å². The Hall–Kier alpha value is -2.24. The zero-order chi connectivity index (χ0) is 24.1. The van der Waals surface area contributed by atoms with Gasteiger partial charge in [-0.3, -0.25) is 9.48 Å². The molecule has 0 bridgehead atoms. The molecular formula is C23H26B2F2N3OPS. The van der Waals surface area contributed by atoms with Crippen LogP contribution in [0.15, 0.2) is 49.2 Å². The third-order valence-electron chi connectivity index (χ3n) is 6.32. The minimum Gasteiger partial charge on any atom is -0.344 e. The largest absolute Gasteiger partial charge is 0.344 e. The SMILES string of the molecule is BC1(B)c2sc(C)cc2C(c2ccccc2-c2cn(CC)nc2C(F)(F)P)CN1C(=O)C=C. The van der Waals surface area contributed by atoms with Crippen LogP contribution >= 0.6 is 20.6 Å². The molecule has 0 N–H and O–H groups in total. The minimum absolute atomic E-state index is 0.143. The Morgan fingerprint density at radius 1 is 1.36 bits per heavy atom. The topological polar surface area (TPSA) is 38.1 Å². The van der Waals surface area contributed by atoms with Crippen LogP contribution in [0.25, 0.3) is 11.1 Å². The molecule has 1 aliphatic heterocycles. The van der Waals surface area contributed by atoms with Gasteiger partial charge in [0.25, 0.3) is 0 Å². The smallest absolute Gasteiger partial charge is 0.302 e. The number of benzene rings is 1. The van der Waals surface area contributed by atoms with Crippen molar-refractivity contribution < 1.29 is 13.6 Å². The zero-order valence-corrected chi connectivity index (χ0v) is 21.2. The number of nitrogens with zero attached hydrogens (tertiary/aromatic N) is 3. The summed E-state index contributed by atoms with van der Waals surface area (Å²) in [5.41, 5.74) is -0.261. The average Bonchev–Trinajstić information content (AvgIpc) is 3.38. The molecule has 33 heavy (non-hydrogen) atoms. The Morgan fingerprint density at radius 2 is 2.06 bits per heavy atom. The van der Waals surface area contributed by atoms with Gasteiger partial charge in [0.2, 0.25) is 5.91 Å². The maximum absolute atomic E-state index is 14.5. The quantitative estimate of drug-likeness (QED) is 0.317. The summed E-state index contributed by atoms with van der Waals surface area (Å²) in [7, 11) is 5.70. The van der Waals surface area contributed by atoms with Gasteiger partial charge < -0.3 is 4.90 Å². The van der Waals surface area contributed by atoms with Crippen LogP contribution in [0.2, 0.25) is 0 Å². The second-order valence-electron chi connectivity index (χ2n) is 8.86. The molecule has 2 unspecified atom stereocenters. The highest BCUT2D eigenvalue weighted by Crippen LogP contribution is 2.48. The number of alkyl halides is 2. The van der Waals surface area contributed by atoms with Crippen LogP contribution in [-0.2, 0) is 22.3 Å². The molecule has 10 heteroatoms. The molecule has 2 aromatic heterocycles. The monoisotopic (exact) mass is 483 g/mol. The fraction of sp³-hybridized carbons (Fsp3) is 0.304. The van der Waals surface area contributed by atoms with E-state index in [1.165, 1.54) is 10.8 Å². The number of hydrogen-bond acceptors (Lipinski definition) is 3. The summed E-state index contributed by atoms with van der Waals surface area (Å²) >= 11 is 1.68. The van der Waals surface area contributed by atoms with Crippen molar-refractivity contribution in [2.45, 2.75) is 37.3 Å². The van der Waals surface area contributed by atoms with E-state index < -0.39 is 11.0 Å². The molecule has 1 amide bonds. The number of hydrogen-bond donors (Lipinski definition) is 0. The maximum Gasteiger partial charge on any atom is 0.302 e. The van der Waals surface area contributed by atoms with Crippen molar-refractivity contribution >= 4 is 42.2 Å². The Kier molecular flexibility index (Phi) is 6.17. The van der Waals surface area contributed by atoms with Crippen LogP contribution in [0.5, 0.6) is 0 Å². The van der Waals surface area contributed by atoms with Crippen LogP contribution in [0.1, 0.15) is 39.4 Å². The second-order valence-corrected chi connectivity index (χ2v) is 10.8. The number of fused-ring (bicyclic) bond motifs is 1. The third kappa shape index (κ3) is 4.10. The normalized spacial score (nSPS) is 17.6. The van der Waals surface area contributed by atoms with E-state index in [2.05, 4.69) is 24.7 Å². The highest BCUT2D eigenvalue weighted by atomic mass is 32.1. The lowest BCUT2D eigenvalue weighted by Gasteiger charge is -2.46.